The minimum atomic E-state index is -1.51. The predicted molar refractivity (Wildman–Crippen MR) is 304 cm³/mol. The van der Waals surface area contributed by atoms with Crippen molar-refractivity contribution < 1.29 is 42.9 Å². The SMILES string of the molecule is CC/C=C\C/C=C\C/C=C\C/C=C\C/C=C\CCCCCCCCCCCCCCCCCCCCCC(=O)OC(COC(=O)CCCCCCC/C=C\CCCCC)COC(OCC[N+](C)(C)C)C(=O)O. The minimum Gasteiger partial charge on any atom is -0.477 e. The number of quaternary nitrogens is 1. The number of nitrogens with zero attached hydrogens (tertiary/aromatic N) is 1. The largest absolute Gasteiger partial charge is 0.477 e. The molecule has 0 fully saturated rings. The number of rotatable bonds is 54. The van der Waals surface area contributed by atoms with E-state index < -0.39 is 24.3 Å². The van der Waals surface area contributed by atoms with Crippen molar-refractivity contribution in [2.24, 2.45) is 0 Å². The molecule has 9 heteroatoms. The molecule has 0 aliphatic rings. The Morgan fingerprint density at radius 2 is 0.792 bits per heavy atom. The van der Waals surface area contributed by atoms with E-state index in [-0.39, 0.29) is 32.2 Å². The molecule has 0 saturated carbocycles. The van der Waals surface area contributed by atoms with Gasteiger partial charge in [-0.15, -0.1) is 0 Å². The number of aliphatic carboxylic acids is 1. The van der Waals surface area contributed by atoms with Crippen LogP contribution in [0, 0.1) is 0 Å². The summed E-state index contributed by atoms with van der Waals surface area (Å²) < 4.78 is 22.8. The first kappa shape index (κ1) is 68.7. The van der Waals surface area contributed by atoms with Crippen LogP contribution in [-0.2, 0) is 33.3 Å². The summed E-state index contributed by atoms with van der Waals surface area (Å²) in [5.41, 5.74) is 0. The highest BCUT2D eigenvalue weighted by Gasteiger charge is 2.25. The van der Waals surface area contributed by atoms with E-state index in [0.29, 0.717) is 17.4 Å². The Morgan fingerprint density at radius 3 is 1.19 bits per heavy atom. The second-order valence-corrected chi connectivity index (χ2v) is 20.9. The number of unbranched alkanes of at least 4 members (excludes halogenated alkanes) is 27. The molecule has 2 unspecified atom stereocenters. The summed E-state index contributed by atoms with van der Waals surface area (Å²) >= 11 is 0. The first-order chi connectivity index (χ1) is 35.1. The van der Waals surface area contributed by atoms with Gasteiger partial charge in [-0.05, 0) is 83.5 Å². The van der Waals surface area contributed by atoms with E-state index in [1.165, 1.54) is 135 Å². The third kappa shape index (κ3) is 54.5. The van der Waals surface area contributed by atoms with Gasteiger partial charge in [0, 0.05) is 12.8 Å². The molecule has 0 amide bonds. The lowest BCUT2D eigenvalue weighted by atomic mass is 10.0. The lowest BCUT2D eigenvalue weighted by molar-refractivity contribution is -0.870. The number of carboxylic acid groups (broad SMARTS) is 1. The number of esters is 2. The second kappa shape index (κ2) is 54.0. The number of allylic oxidation sites excluding steroid dienone is 12. The summed E-state index contributed by atoms with van der Waals surface area (Å²) in [6, 6.07) is 0. The molecular weight excluding hydrogens is 899 g/mol. The number of carbonyl (C=O) groups is 3. The summed E-state index contributed by atoms with van der Waals surface area (Å²) in [6.45, 7) is 4.74. The van der Waals surface area contributed by atoms with Crippen LogP contribution in [0.15, 0.2) is 72.9 Å². The fourth-order valence-corrected chi connectivity index (χ4v) is 8.15. The quantitative estimate of drug-likeness (QED) is 0.0211. The fourth-order valence-electron chi connectivity index (χ4n) is 8.15. The average molecular weight is 1010 g/mol. The van der Waals surface area contributed by atoms with Crippen molar-refractivity contribution in [2.75, 3.05) is 47.5 Å². The van der Waals surface area contributed by atoms with E-state index in [9.17, 15) is 19.5 Å². The molecule has 2 atom stereocenters. The first-order valence-electron chi connectivity index (χ1n) is 29.6. The van der Waals surface area contributed by atoms with Crippen LogP contribution in [0.25, 0.3) is 0 Å². The number of ether oxygens (including phenoxy) is 4. The Morgan fingerprint density at radius 1 is 0.431 bits per heavy atom. The molecular formula is C63H112NO8+. The minimum absolute atomic E-state index is 0.185. The highest BCUT2D eigenvalue weighted by Crippen LogP contribution is 2.16. The Balaban J connectivity index is 4.04. The van der Waals surface area contributed by atoms with Crippen molar-refractivity contribution in [3.05, 3.63) is 72.9 Å². The Hall–Kier alpha value is -3.27. The highest BCUT2D eigenvalue weighted by atomic mass is 16.7. The molecule has 0 radical (unpaired) electrons. The zero-order valence-electron chi connectivity index (χ0n) is 47.3. The van der Waals surface area contributed by atoms with Crippen LogP contribution in [-0.4, -0.2) is 87.4 Å². The molecule has 1 N–H and O–H groups in total. The van der Waals surface area contributed by atoms with E-state index in [1.54, 1.807) is 0 Å². The summed E-state index contributed by atoms with van der Waals surface area (Å²) in [6.07, 6.45) is 67.2. The highest BCUT2D eigenvalue weighted by molar-refractivity contribution is 5.71. The standard InChI is InChI=1S/C63H111NO8/c1-6-8-10-12-14-16-18-20-21-22-23-24-25-26-27-28-29-30-31-32-33-34-35-36-37-38-39-40-41-42-44-46-48-50-52-54-61(66)72-59(58-71-63(62(67)68)69-56-55-64(3,4)5)57-70-60(65)53-51-49-47-45-43-19-17-15-13-11-9-7-2/h8,10,14-17,20-21,23-24,26-27,59,63H,6-7,9,11-13,18-19,22,25,28-58H2,1-5H3/p+1/b10-8-,16-14-,17-15-,21-20-,24-23-,27-26-. The van der Waals surface area contributed by atoms with Gasteiger partial charge < -0.3 is 28.5 Å². The average Bonchev–Trinajstić information content (AvgIpc) is 3.35. The van der Waals surface area contributed by atoms with Crippen LogP contribution in [0.3, 0.4) is 0 Å². The molecule has 0 aliphatic carbocycles. The third-order valence-corrected chi connectivity index (χ3v) is 12.7. The van der Waals surface area contributed by atoms with Crippen molar-refractivity contribution in [1.82, 2.24) is 0 Å². The van der Waals surface area contributed by atoms with Crippen molar-refractivity contribution in [3.8, 4) is 0 Å². The molecule has 0 bridgehead atoms. The van der Waals surface area contributed by atoms with Gasteiger partial charge in [-0.25, -0.2) is 4.79 Å². The van der Waals surface area contributed by atoms with Gasteiger partial charge in [0.1, 0.15) is 13.2 Å². The zero-order chi connectivity index (χ0) is 52.7. The van der Waals surface area contributed by atoms with E-state index in [2.05, 4.69) is 86.8 Å². The van der Waals surface area contributed by atoms with Gasteiger partial charge in [-0.1, -0.05) is 228 Å². The van der Waals surface area contributed by atoms with Gasteiger partial charge in [0.2, 0.25) is 0 Å². The molecule has 0 aromatic rings. The monoisotopic (exact) mass is 1010 g/mol. The number of hydrogen-bond acceptors (Lipinski definition) is 7. The van der Waals surface area contributed by atoms with Crippen molar-refractivity contribution in [2.45, 2.75) is 264 Å². The van der Waals surface area contributed by atoms with Crippen molar-refractivity contribution >= 4 is 17.9 Å². The topological polar surface area (TPSA) is 108 Å². The molecule has 0 saturated heterocycles. The lowest BCUT2D eigenvalue weighted by Gasteiger charge is -2.25. The summed E-state index contributed by atoms with van der Waals surface area (Å²) in [4.78, 5) is 37.3. The van der Waals surface area contributed by atoms with Gasteiger partial charge >= 0.3 is 17.9 Å². The van der Waals surface area contributed by atoms with Crippen LogP contribution in [0.1, 0.15) is 251 Å². The normalized spacial score (nSPS) is 13.3. The summed E-state index contributed by atoms with van der Waals surface area (Å²) in [5, 5.41) is 9.68. The predicted octanol–water partition coefficient (Wildman–Crippen LogP) is 17.4. The second-order valence-electron chi connectivity index (χ2n) is 20.9. The molecule has 0 spiro atoms. The molecule has 9 nitrogen and oxygen atoms in total. The lowest BCUT2D eigenvalue weighted by Crippen LogP contribution is -2.40. The smallest absolute Gasteiger partial charge is 0.361 e. The Labute approximate surface area is 443 Å². The Kier molecular flexibility index (Phi) is 51.6. The molecule has 0 aromatic carbocycles. The van der Waals surface area contributed by atoms with Crippen LogP contribution in [0.4, 0.5) is 0 Å². The van der Waals surface area contributed by atoms with Crippen LogP contribution >= 0.6 is 0 Å². The summed E-state index contributed by atoms with van der Waals surface area (Å²) in [7, 11) is 5.96. The summed E-state index contributed by atoms with van der Waals surface area (Å²) in [5.74, 6) is -2.01. The van der Waals surface area contributed by atoms with Crippen LogP contribution in [0.5, 0.6) is 0 Å². The molecule has 416 valence electrons. The molecule has 0 aromatic heterocycles. The van der Waals surface area contributed by atoms with Gasteiger partial charge in [-0.3, -0.25) is 9.59 Å². The van der Waals surface area contributed by atoms with E-state index in [4.69, 9.17) is 18.9 Å². The van der Waals surface area contributed by atoms with Crippen LogP contribution in [0.2, 0.25) is 0 Å². The first-order valence-corrected chi connectivity index (χ1v) is 29.6. The van der Waals surface area contributed by atoms with Gasteiger partial charge in [0.15, 0.2) is 6.10 Å². The Bertz CT molecular complexity index is 1410. The number of hydrogen-bond donors (Lipinski definition) is 1. The van der Waals surface area contributed by atoms with E-state index >= 15 is 0 Å². The van der Waals surface area contributed by atoms with Gasteiger partial charge in [-0.2, -0.15) is 0 Å². The van der Waals surface area contributed by atoms with Crippen molar-refractivity contribution in [3.63, 3.8) is 0 Å². The van der Waals surface area contributed by atoms with Crippen molar-refractivity contribution in [1.29, 1.82) is 0 Å². The maximum atomic E-state index is 12.9. The number of carbonyl (C=O) groups excluding carboxylic acids is 2. The molecule has 0 rings (SSSR count). The number of carboxylic acids is 1. The van der Waals surface area contributed by atoms with E-state index in [1.807, 2.05) is 21.1 Å². The fraction of sp³-hybridized carbons (Fsp3) is 0.762. The van der Waals surface area contributed by atoms with Crippen LogP contribution < -0.4 is 0 Å². The molecule has 0 aliphatic heterocycles. The molecule has 72 heavy (non-hydrogen) atoms. The maximum absolute atomic E-state index is 12.9. The van der Waals surface area contributed by atoms with Gasteiger partial charge in [0.25, 0.3) is 6.29 Å². The maximum Gasteiger partial charge on any atom is 0.361 e. The molecule has 0 heterocycles. The third-order valence-electron chi connectivity index (χ3n) is 12.7. The van der Waals surface area contributed by atoms with Gasteiger partial charge in [0.05, 0.1) is 34.4 Å². The number of likely N-dealkylation sites (N-methyl/N-ethyl adjacent to an activating group) is 1. The van der Waals surface area contributed by atoms with E-state index in [0.717, 1.165) is 89.9 Å². The zero-order valence-corrected chi connectivity index (χ0v) is 47.3.